The number of benzene rings is 1. The van der Waals surface area contributed by atoms with Gasteiger partial charge in [0.15, 0.2) is 0 Å². The Morgan fingerprint density at radius 1 is 1.05 bits per heavy atom. The Kier molecular flexibility index (Phi) is 5.15. The van der Waals surface area contributed by atoms with E-state index >= 15 is 0 Å². The molecule has 3 unspecified atom stereocenters. The first-order chi connectivity index (χ1) is 10.4. The molecule has 2 fully saturated rings. The van der Waals surface area contributed by atoms with Crippen molar-refractivity contribution in [2.24, 2.45) is 5.92 Å². The number of aliphatic hydroxyl groups is 1. The van der Waals surface area contributed by atoms with Crippen LogP contribution in [0, 0.1) is 5.92 Å². The standard InChI is InChI=1S/C18H28N2O/c21-13-11-14-7-9-15(10-8-14)20-18-6-3-4-16(18)17-5-1-2-12-19-17/h7-10,16-21H,1-6,11-13H2. The summed E-state index contributed by atoms with van der Waals surface area (Å²) in [7, 11) is 0. The fourth-order valence-electron chi connectivity index (χ4n) is 4.00. The fourth-order valence-corrected chi connectivity index (χ4v) is 4.00. The Bertz CT molecular complexity index is 425. The highest BCUT2D eigenvalue weighted by Crippen LogP contribution is 2.33. The summed E-state index contributed by atoms with van der Waals surface area (Å²) in [6, 6.07) is 9.91. The van der Waals surface area contributed by atoms with E-state index in [1.165, 1.54) is 56.3 Å². The first-order valence-corrected chi connectivity index (χ1v) is 8.56. The van der Waals surface area contributed by atoms with Crippen LogP contribution in [0.1, 0.15) is 44.1 Å². The average Bonchev–Trinajstić information content (AvgIpc) is 2.98. The summed E-state index contributed by atoms with van der Waals surface area (Å²) in [5, 5.41) is 16.5. The second-order valence-corrected chi connectivity index (χ2v) is 6.57. The molecule has 2 aliphatic rings. The van der Waals surface area contributed by atoms with Gasteiger partial charge in [-0.15, -0.1) is 0 Å². The van der Waals surface area contributed by atoms with E-state index < -0.39 is 0 Å². The molecule has 0 amide bonds. The van der Waals surface area contributed by atoms with Crippen molar-refractivity contribution in [3.05, 3.63) is 29.8 Å². The third kappa shape index (κ3) is 3.78. The van der Waals surface area contributed by atoms with Gasteiger partial charge in [0.2, 0.25) is 0 Å². The van der Waals surface area contributed by atoms with Crippen molar-refractivity contribution in [2.45, 2.75) is 57.0 Å². The molecule has 1 aromatic carbocycles. The van der Waals surface area contributed by atoms with Crippen LogP contribution in [0.5, 0.6) is 0 Å². The first kappa shape index (κ1) is 14.9. The molecule has 3 N–H and O–H groups in total. The zero-order chi connectivity index (χ0) is 14.5. The lowest BCUT2D eigenvalue weighted by molar-refractivity contribution is 0.286. The Morgan fingerprint density at radius 2 is 1.90 bits per heavy atom. The minimum absolute atomic E-state index is 0.227. The van der Waals surface area contributed by atoms with Crippen LogP contribution < -0.4 is 10.6 Å². The van der Waals surface area contributed by atoms with E-state index in [1.54, 1.807) is 0 Å². The molecule has 3 rings (SSSR count). The van der Waals surface area contributed by atoms with Crippen molar-refractivity contribution in [2.75, 3.05) is 18.5 Å². The monoisotopic (exact) mass is 288 g/mol. The third-order valence-corrected chi connectivity index (χ3v) is 5.14. The zero-order valence-corrected chi connectivity index (χ0v) is 12.9. The topological polar surface area (TPSA) is 44.3 Å². The van der Waals surface area contributed by atoms with Crippen molar-refractivity contribution in [3.63, 3.8) is 0 Å². The van der Waals surface area contributed by atoms with Crippen LogP contribution in [0.2, 0.25) is 0 Å². The lowest BCUT2D eigenvalue weighted by Crippen LogP contribution is -2.44. The molecule has 1 saturated carbocycles. The van der Waals surface area contributed by atoms with Gasteiger partial charge < -0.3 is 15.7 Å². The maximum absolute atomic E-state index is 8.98. The summed E-state index contributed by atoms with van der Waals surface area (Å²) in [4.78, 5) is 0. The molecular weight excluding hydrogens is 260 g/mol. The predicted octanol–water partition coefficient (Wildman–Crippen LogP) is 2.94. The minimum atomic E-state index is 0.227. The number of piperidine rings is 1. The van der Waals surface area contributed by atoms with Gasteiger partial charge in [-0.05, 0) is 62.3 Å². The quantitative estimate of drug-likeness (QED) is 0.780. The SMILES string of the molecule is OCCc1ccc(NC2CCCC2C2CCCCN2)cc1. The van der Waals surface area contributed by atoms with Crippen LogP contribution in [0.3, 0.4) is 0 Å². The number of anilines is 1. The second-order valence-electron chi connectivity index (χ2n) is 6.57. The summed E-state index contributed by atoms with van der Waals surface area (Å²) < 4.78 is 0. The predicted molar refractivity (Wildman–Crippen MR) is 87.6 cm³/mol. The van der Waals surface area contributed by atoms with Gasteiger partial charge in [-0.25, -0.2) is 0 Å². The molecule has 1 aromatic rings. The Morgan fingerprint density at radius 3 is 2.62 bits per heavy atom. The van der Waals surface area contributed by atoms with Gasteiger partial charge in [-0.2, -0.15) is 0 Å². The molecule has 1 aliphatic heterocycles. The normalized spacial score (nSPS) is 29.5. The molecule has 1 saturated heterocycles. The molecule has 3 nitrogen and oxygen atoms in total. The number of nitrogens with one attached hydrogen (secondary N) is 2. The highest BCUT2D eigenvalue weighted by atomic mass is 16.2. The molecule has 1 aliphatic carbocycles. The molecule has 21 heavy (non-hydrogen) atoms. The van der Waals surface area contributed by atoms with Gasteiger partial charge >= 0.3 is 0 Å². The van der Waals surface area contributed by atoms with Crippen LogP contribution in [0.25, 0.3) is 0 Å². The number of hydrogen-bond donors (Lipinski definition) is 3. The molecular formula is C18H28N2O. The largest absolute Gasteiger partial charge is 0.396 e. The van der Waals surface area contributed by atoms with Crippen LogP contribution in [0.4, 0.5) is 5.69 Å². The van der Waals surface area contributed by atoms with Gasteiger partial charge in [0.25, 0.3) is 0 Å². The maximum Gasteiger partial charge on any atom is 0.0471 e. The van der Waals surface area contributed by atoms with E-state index in [-0.39, 0.29) is 6.61 Å². The smallest absolute Gasteiger partial charge is 0.0471 e. The minimum Gasteiger partial charge on any atom is -0.396 e. The molecule has 0 aromatic heterocycles. The number of rotatable bonds is 5. The van der Waals surface area contributed by atoms with Crippen LogP contribution in [-0.2, 0) is 6.42 Å². The highest BCUT2D eigenvalue weighted by Gasteiger charge is 2.34. The van der Waals surface area contributed by atoms with Crippen molar-refractivity contribution in [3.8, 4) is 0 Å². The van der Waals surface area contributed by atoms with E-state index in [4.69, 9.17) is 5.11 Å². The molecule has 1 heterocycles. The van der Waals surface area contributed by atoms with Crippen molar-refractivity contribution in [1.29, 1.82) is 0 Å². The highest BCUT2D eigenvalue weighted by molar-refractivity contribution is 5.46. The summed E-state index contributed by atoms with van der Waals surface area (Å²) in [5.41, 5.74) is 2.43. The summed E-state index contributed by atoms with van der Waals surface area (Å²) >= 11 is 0. The molecule has 3 atom stereocenters. The Hall–Kier alpha value is -1.06. The van der Waals surface area contributed by atoms with Crippen LogP contribution >= 0.6 is 0 Å². The third-order valence-electron chi connectivity index (χ3n) is 5.14. The molecule has 116 valence electrons. The van der Waals surface area contributed by atoms with E-state index in [2.05, 4.69) is 34.9 Å². The van der Waals surface area contributed by atoms with Gasteiger partial charge in [-0.3, -0.25) is 0 Å². The molecule has 3 heteroatoms. The number of aliphatic hydroxyl groups excluding tert-OH is 1. The van der Waals surface area contributed by atoms with Crippen molar-refractivity contribution >= 4 is 5.69 Å². The van der Waals surface area contributed by atoms with E-state index in [0.29, 0.717) is 12.1 Å². The lowest BCUT2D eigenvalue weighted by Gasteiger charge is -2.33. The maximum atomic E-state index is 8.98. The van der Waals surface area contributed by atoms with Gasteiger partial charge in [0, 0.05) is 24.4 Å². The van der Waals surface area contributed by atoms with Crippen LogP contribution in [0.15, 0.2) is 24.3 Å². The van der Waals surface area contributed by atoms with Gasteiger partial charge in [0.1, 0.15) is 0 Å². The Labute approximate surface area is 128 Å². The molecule has 0 spiro atoms. The summed E-state index contributed by atoms with van der Waals surface area (Å²) in [6.07, 6.45) is 8.82. The van der Waals surface area contributed by atoms with Crippen LogP contribution in [-0.4, -0.2) is 30.3 Å². The second kappa shape index (κ2) is 7.28. The number of hydrogen-bond acceptors (Lipinski definition) is 3. The lowest BCUT2D eigenvalue weighted by atomic mass is 9.88. The van der Waals surface area contributed by atoms with Gasteiger partial charge in [-0.1, -0.05) is 25.0 Å². The van der Waals surface area contributed by atoms with Gasteiger partial charge in [0.05, 0.1) is 0 Å². The first-order valence-electron chi connectivity index (χ1n) is 8.56. The van der Waals surface area contributed by atoms with E-state index in [9.17, 15) is 0 Å². The zero-order valence-electron chi connectivity index (χ0n) is 12.9. The average molecular weight is 288 g/mol. The van der Waals surface area contributed by atoms with E-state index in [0.717, 1.165) is 12.3 Å². The van der Waals surface area contributed by atoms with Crippen molar-refractivity contribution < 1.29 is 5.11 Å². The van der Waals surface area contributed by atoms with Crippen molar-refractivity contribution in [1.82, 2.24) is 5.32 Å². The summed E-state index contributed by atoms with van der Waals surface area (Å²) in [5.74, 6) is 0.780. The fraction of sp³-hybridized carbons (Fsp3) is 0.667. The van der Waals surface area contributed by atoms with E-state index in [1.807, 2.05) is 0 Å². The Balaban J connectivity index is 1.60. The molecule has 0 bridgehead atoms. The summed E-state index contributed by atoms with van der Waals surface area (Å²) in [6.45, 7) is 1.43. The molecule has 0 radical (unpaired) electrons.